The number of carbonyl (C=O) groups excluding carboxylic acids is 1. The van der Waals surface area contributed by atoms with Gasteiger partial charge in [0, 0.05) is 17.5 Å². The monoisotopic (exact) mass is 583 g/mol. The van der Waals surface area contributed by atoms with Gasteiger partial charge in [0.05, 0.1) is 41.7 Å². The van der Waals surface area contributed by atoms with Crippen LogP contribution in [0, 0.1) is 23.5 Å². The average Bonchev–Trinajstić information content (AvgIpc) is 2.84. The van der Waals surface area contributed by atoms with E-state index in [1.54, 1.807) is 0 Å². The van der Waals surface area contributed by atoms with Crippen LogP contribution >= 0.6 is 23.2 Å². The van der Waals surface area contributed by atoms with Crippen molar-refractivity contribution in [2.75, 3.05) is 23.3 Å². The van der Waals surface area contributed by atoms with Gasteiger partial charge in [-0.1, -0.05) is 29.1 Å². The third kappa shape index (κ3) is 6.46. The zero-order valence-corrected chi connectivity index (χ0v) is 21.7. The van der Waals surface area contributed by atoms with Crippen LogP contribution in [0.3, 0.4) is 0 Å². The third-order valence-electron chi connectivity index (χ3n) is 4.98. The zero-order valence-electron chi connectivity index (χ0n) is 19.4. The molecule has 38 heavy (non-hydrogen) atoms. The molecule has 1 aliphatic rings. The molecule has 0 unspecified atom stereocenters. The topological polar surface area (TPSA) is 132 Å². The Balaban J connectivity index is 1.58. The molecular formula is C23H17Cl2F2N5O5S. The van der Waals surface area contributed by atoms with Crippen molar-refractivity contribution in [3.05, 3.63) is 69.0 Å². The predicted octanol–water partition coefficient (Wildman–Crippen LogP) is 3.53. The van der Waals surface area contributed by atoms with Crippen molar-refractivity contribution >= 4 is 50.8 Å². The van der Waals surface area contributed by atoms with Gasteiger partial charge in [-0.05, 0) is 30.2 Å². The lowest BCUT2D eigenvalue weighted by Gasteiger charge is -2.26. The number of nitrogens with zero attached hydrogens (tertiary/aromatic N) is 3. The van der Waals surface area contributed by atoms with E-state index in [1.165, 1.54) is 12.3 Å². The van der Waals surface area contributed by atoms with Gasteiger partial charge in [-0.15, -0.1) is 10.2 Å². The van der Waals surface area contributed by atoms with Crippen molar-refractivity contribution < 1.29 is 31.5 Å². The van der Waals surface area contributed by atoms with Crippen LogP contribution in [0.2, 0.25) is 10.0 Å². The summed E-state index contributed by atoms with van der Waals surface area (Å²) in [6.07, 6.45) is 1.26. The second-order valence-electron chi connectivity index (χ2n) is 7.84. The molecule has 1 aliphatic heterocycles. The second kappa shape index (κ2) is 11.4. The summed E-state index contributed by atoms with van der Waals surface area (Å²) in [7, 11) is -4.52. The molecule has 10 nitrogen and oxygen atoms in total. The Morgan fingerprint density at radius 1 is 1.21 bits per heavy atom. The molecule has 2 N–H and O–H groups in total. The van der Waals surface area contributed by atoms with Crippen molar-refractivity contribution in [1.82, 2.24) is 15.2 Å². The fourth-order valence-electron chi connectivity index (χ4n) is 3.07. The van der Waals surface area contributed by atoms with Crippen molar-refractivity contribution in [1.29, 1.82) is 0 Å². The normalized spacial score (nSPS) is 13.2. The highest BCUT2D eigenvalue weighted by Gasteiger charge is 2.24. The minimum absolute atomic E-state index is 0.0243. The fraction of sp³-hybridized carbons (Fsp3) is 0.217. The Hall–Kier alpha value is -3.57. The molecule has 198 valence electrons. The Kier molecular flexibility index (Phi) is 8.27. The smallest absolute Gasteiger partial charge is 0.302 e. The molecule has 3 aromatic rings. The van der Waals surface area contributed by atoms with Gasteiger partial charge < -0.3 is 14.8 Å². The van der Waals surface area contributed by atoms with Crippen LogP contribution < -0.4 is 10.0 Å². The van der Waals surface area contributed by atoms with E-state index in [1.807, 2.05) is 4.72 Å². The maximum Gasteiger partial charge on any atom is 0.302 e. The molecule has 0 aliphatic carbocycles. The van der Waals surface area contributed by atoms with Gasteiger partial charge in [0.25, 0.3) is 10.0 Å². The maximum atomic E-state index is 15.1. The van der Waals surface area contributed by atoms with Gasteiger partial charge in [-0.3, -0.25) is 9.52 Å². The summed E-state index contributed by atoms with van der Waals surface area (Å²) in [5.74, 6) is 2.05. The fourth-order valence-corrected chi connectivity index (χ4v) is 5.05. The molecule has 1 aromatic heterocycles. The Morgan fingerprint density at radius 2 is 1.97 bits per heavy atom. The quantitative estimate of drug-likeness (QED) is 0.316. The van der Waals surface area contributed by atoms with Crippen molar-refractivity contribution in [3.63, 3.8) is 0 Å². The van der Waals surface area contributed by atoms with E-state index in [2.05, 4.69) is 32.3 Å². The standard InChI is InChI=1S/C23H17Cl2F2N5O5S/c1-12(33)37-9-13-6-14(24)7-20(21(13)25)38(34,35)32-19-5-4-18(26)17(22(19)27)3-2-15-8-28-23(31-30-15)29-16-10-36-11-16/h4-8,16,32H,9-11H2,1H3,(H,28,29,31). The summed E-state index contributed by atoms with van der Waals surface area (Å²) in [5.41, 5.74) is -1.18. The van der Waals surface area contributed by atoms with Gasteiger partial charge in [-0.25, -0.2) is 22.2 Å². The summed E-state index contributed by atoms with van der Waals surface area (Å²) in [4.78, 5) is 14.6. The number of carbonyl (C=O) groups is 1. The van der Waals surface area contributed by atoms with Crippen LogP contribution in [0.1, 0.15) is 23.7 Å². The molecule has 1 saturated heterocycles. The molecule has 0 atom stereocenters. The van der Waals surface area contributed by atoms with Gasteiger partial charge in [0.2, 0.25) is 5.95 Å². The lowest BCUT2D eigenvalue weighted by molar-refractivity contribution is -0.142. The highest BCUT2D eigenvalue weighted by atomic mass is 35.5. The van der Waals surface area contributed by atoms with E-state index < -0.39 is 43.8 Å². The van der Waals surface area contributed by atoms with Crippen LogP contribution in [0.4, 0.5) is 20.4 Å². The van der Waals surface area contributed by atoms with Crippen LogP contribution in [-0.4, -0.2) is 48.8 Å². The summed E-state index contributed by atoms with van der Waals surface area (Å²) < 4.78 is 67.5. The lowest BCUT2D eigenvalue weighted by Crippen LogP contribution is -2.40. The molecule has 0 amide bonds. The first-order valence-corrected chi connectivity index (χ1v) is 13.0. The van der Waals surface area contributed by atoms with E-state index in [9.17, 15) is 17.6 Å². The maximum absolute atomic E-state index is 15.1. The number of aromatic nitrogens is 3. The summed E-state index contributed by atoms with van der Waals surface area (Å²) in [5, 5.41) is 10.3. The van der Waals surface area contributed by atoms with E-state index in [0.717, 1.165) is 25.1 Å². The van der Waals surface area contributed by atoms with Crippen LogP contribution in [-0.2, 0) is 30.9 Å². The lowest BCUT2D eigenvalue weighted by atomic mass is 10.1. The molecule has 2 aromatic carbocycles. The summed E-state index contributed by atoms with van der Waals surface area (Å²) >= 11 is 12.2. The molecule has 0 spiro atoms. The first-order chi connectivity index (χ1) is 18.0. The van der Waals surface area contributed by atoms with E-state index in [-0.39, 0.29) is 39.9 Å². The Morgan fingerprint density at radius 3 is 2.61 bits per heavy atom. The van der Waals surface area contributed by atoms with Crippen LogP contribution in [0.25, 0.3) is 0 Å². The molecule has 2 heterocycles. The van der Waals surface area contributed by atoms with Gasteiger partial charge in [0.15, 0.2) is 11.5 Å². The molecule has 1 fully saturated rings. The third-order valence-corrected chi connectivity index (χ3v) is 7.15. The number of ether oxygens (including phenoxy) is 2. The minimum Gasteiger partial charge on any atom is -0.461 e. The van der Waals surface area contributed by atoms with E-state index in [0.29, 0.717) is 13.2 Å². The highest BCUT2D eigenvalue weighted by molar-refractivity contribution is 7.92. The zero-order chi connectivity index (χ0) is 27.4. The van der Waals surface area contributed by atoms with Gasteiger partial charge in [0.1, 0.15) is 17.3 Å². The molecule has 0 bridgehead atoms. The number of rotatable bonds is 7. The first-order valence-electron chi connectivity index (χ1n) is 10.7. The SMILES string of the molecule is CC(=O)OCc1cc(Cl)cc(S(=O)(=O)Nc2ccc(F)c(C#Cc3cnc(NC4COC4)nn3)c2F)c1Cl. The molecule has 15 heteroatoms. The number of hydrogen-bond acceptors (Lipinski definition) is 9. The molecule has 0 saturated carbocycles. The molecule has 4 rings (SSSR count). The first kappa shape index (κ1) is 27.5. The second-order valence-corrected chi connectivity index (χ2v) is 10.3. The number of benzene rings is 2. The van der Waals surface area contributed by atoms with Crippen molar-refractivity contribution in [2.45, 2.75) is 24.5 Å². The Bertz CT molecular complexity index is 1560. The predicted molar refractivity (Wildman–Crippen MR) is 133 cm³/mol. The largest absolute Gasteiger partial charge is 0.461 e. The van der Waals surface area contributed by atoms with Crippen molar-refractivity contribution in [3.8, 4) is 11.8 Å². The Labute approximate surface area is 225 Å². The van der Waals surface area contributed by atoms with Crippen molar-refractivity contribution in [2.24, 2.45) is 0 Å². The highest BCUT2D eigenvalue weighted by Crippen LogP contribution is 2.32. The average molecular weight is 584 g/mol. The van der Waals surface area contributed by atoms with Gasteiger partial charge in [-0.2, -0.15) is 0 Å². The number of anilines is 2. The number of halogens is 4. The number of sulfonamides is 1. The van der Waals surface area contributed by atoms with Crippen LogP contribution in [0.15, 0.2) is 35.4 Å². The number of hydrogen-bond donors (Lipinski definition) is 2. The van der Waals surface area contributed by atoms with Gasteiger partial charge >= 0.3 is 5.97 Å². The summed E-state index contributed by atoms with van der Waals surface area (Å²) in [6.45, 7) is 1.85. The number of esters is 1. The van der Waals surface area contributed by atoms with E-state index in [4.69, 9.17) is 32.7 Å². The molecule has 0 radical (unpaired) electrons. The van der Waals surface area contributed by atoms with Crippen LogP contribution in [0.5, 0.6) is 0 Å². The summed E-state index contributed by atoms with van der Waals surface area (Å²) in [6, 6.07) is 4.16. The van der Waals surface area contributed by atoms with E-state index >= 15 is 4.39 Å². The minimum atomic E-state index is -4.52. The molecular weight excluding hydrogens is 567 g/mol. The number of nitrogens with one attached hydrogen (secondary N) is 2.